The molecule has 2 aromatic carbocycles. The number of ether oxygens (including phenoxy) is 1. The van der Waals surface area contributed by atoms with Gasteiger partial charge in [-0.15, -0.1) is 10.2 Å². The number of nitrogens with zero attached hydrogens (tertiary/aromatic N) is 3. The number of fused-ring (bicyclic) bond motifs is 3. The molecule has 31 heavy (non-hydrogen) atoms. The van der Waals surface area contributed by atoms with E-state index in [-0.39, 0.29) is 0 Å². The van der Waals surface area contributed by atoms with E-state index >= 15 is 0 Å². The van der Waals surface area contributed by atoms with Crippen LogP contribution < -0.4 is 10.1 Å². The van der Waals surface area contributed by atoms with Crippen LogP contribution in [-0.4, -0.2) is 20.9 Å². The molecule has 3 heterocycles. The molecule has 156 valence electrons. The zero-order valence-electron chi connectivity index (χ0n) is 16.7. The minimum absolute atomic E-state index is 0.428. The maximum atomic E-state index is 6.26. The lowest BCUT2D eigenvalue weighted by Gasteiger charge is -2.16. The van der Waals surface area contributed by atoms with Crippen molar-refractivity contribution in [1.82, 2.24) is 15.2 Å². The van der Waals surface area contributed by atoms with E-state index in [2.05, 4.69) is 27.4 Å². The van der Waals surface area contributed by atoms with E-state index in [1.54, 1.807) is 11.8 Å². The van der Waals surface area contributed by atoms with Crippen molar-refractivity contribution in [3.05, 3.63) is 71.4 Å². The minimum atomic E-state index is -0.573. The zero-order chi connectivity index (χ0) is 21.2. The number of hydrogen-bond donors (Lipinski definition) is 1. The summed E-state index contributed by atoms with van der Waals surface area (Å²) < 4.78 is 12.4. The Kier molecular flexibility index (Phi) is 5.53. The predicted octanol–water partition coefficient (Wildman–Crippen LogP) is 6.46. The fourth-order valence-electron chi connectivity index (χ4n) is 3.32. The van der Waals surface area contributed by atoms with Crippen LogP contribution in [0.3, 0.4) is 0 Å². The Bertz CT molecular complexity index is 1230. The van der Waals surface area contributed by atoms with Gasteiger partial charge in [-0.1, -0.05) is 60.6 Å². The molecule has 0 unspecified atom stereocenters. The van der Waals surface area contributed by atoms with Crippen molar-refractivity contribution in [2.24, 2.45) is 0 Å². The first-order valence-electron chi connectivity index (χ1n) is 9.97. The largest absolute Gasteiger partial charge is 0.455 e. The van der Waals surface area contributed by atoms with E-state index < -0.39 is 6.23 Å². The fraction of sp³-hybridized carbons (Fsp3) is 0.174. The van der Waals surface area contributed by atoms with Crippen molar-refractivity contribution in [3.63, 3.8) is 0 Å². The van der Waals surface area contributed by atoms with Gasteiger partial charge in [0.25, 0.3) is 0 Å². The third kappa shape index (κ3) is 4.11. The summed E-state index contributed by atoms with van der Waals surface area (Å²) in [6.07, 6.45) is 0.452. The summed E-state index contributed by atoms with van der Waals surface area (Å²) in [5.41, 5.74) is 3.26. The van der Waals surface area contributed by atoms with Crippen molar-refractivity contribution in [1.29, 1.82) is 0 Å². The first-order valence-corrected chi connectivity index (χ1v) is 11.3. The molecule has 0 bridgehead atoms. The highest BCUT2D eigenvalue weighted by Gasteiger charge is 2.28. The molecule has 0 spiro atoms. The fourth-order valence-corrected chi connectivity index (χ4v) is 4.14. The number of hydrogen-bond acceptors (Lipinski definition) is 7. The van der Waals surface area contributed by atoms with Crippen molar-refractivity contribution < 1.29 is 9.15 Å². The molecule has 0 aliphatic carbocycles. The van der Waals surface area contributed by atoms with Crippen molar-refractivity contribution >= 4 is 29.1 Å². The van der Waals surface area contributed by atoms with Gasteiger partial charge in [0.2, 0.25) is 17.3 Å². The van der Waals surface area contributed by atoms with Crippen LogP contribution in [0, 0.1) is 0 Å². The molecule has 1 atom stereocenters. The van der Waals surface area contributed by atoms with Crippen LogP contribution in [0.15, 0.2) is 70.2 Å². The van der Waals surface area contributed by atoms with Gasteiger partial charge in [0.15, 0.2) is 11.5 Å². The van der Waals surface area contributed by atoms with Gasteiger partial charge in [-0.05, 0) is 36.8 Å². The molecule has 0 saturated carbocycles. The van der Waals surface area contributed by atoms with E-state index in [0.29, 0.717) is 33.3 Å². The first-order chi connectivity index (χ1) is 15.2. The molecule has 6 nitrogen and oxygen atoms in total. The SMILES string of the molecule is CCCSc1nnc2c(n1)O[C@H](c1ccc(-c3cccc(Cl)c3)o1)Nc1ccccc1-2. The predicted molar refractivity (Wildman–Crippen MR) is 122 cm³/mol. The molecular formula is C23H19ClN4O2S. The summed E-state index contributed by atoms with van der Waals surface area (Å²) in [5, 5.41) is 13.4. The maximum Gasteiger partial charge on any atom is 0.247 e. The summed E-state index contributed by atoms with van der Waals surface area (Å²) in [5.74, 6) is 2.68. The Morgan fingerprint density at radius 3 is 2.84 bits per heavy atom. The molecule has 4 aromatic rings. The Balaban J connectivity index is 1.53. The molecule has 1 aliphatic rings. The monoisotopic (exact) mass is 450 g/mol. The molecule has 1 aliphatic heterocycles. The van der Waals surface area contributed by atoms with Gasteiger partial charge in [-0.3, -0.25) is 0 Å². The number of furan rings is 1. The first kappa shape index (κ1) is 19.9. The van der Waals surface area contributed by atoms with Crippen LogP contribution in [0.4, 0.5) is 5.69 Å². The van der Waals surface area contributed by atoms with Gasteiger partial charge < -0.3 is 14.5 Å². The normalized spacial score (nSPS) is 14.7. The Morgan fingerprint density at radius 1 is 1.06 bits per heavy atom. The van der Waals surface area contributed by atoms with Gasteiger partial charge in [-0.25, -0.2) is 0 Å². The third-order valence-corrected chi connectivity index (χ3v) is 6.04. The maximum absolute atomic E-state index is 6.26. The molecule has 2 aromatic heterocycles. The smallest absolute Gasteiger partial charge is 0.247 e. The molecule has 5 rings (SSSR count). The van der Waals surface area contributed by atoms with Gasteiger partial charge in [0.05, 0.1) is 0 Å². The summed E-state index contributed by atoms with van der Waals surface area (Å²) in [4.78, 5) is 4.63. The third-order valence-electron chi connectivity index (χ3n) is 4.76. The summed E-state index contributed by atoms with van der Waals surface area (Å²) >= 11 is 7.69. The van der Waals surface area contributed by atoms with E-state index in [1.807, 2.05) is 60.7 Å². The number of thioether (sulfide) groups is 1. The summed E-state index contributed by atoms with van der Waals surface area (Å²) in [7, 11) is 0. The standard InChI is InChI=1S/C23H19ClN4O2S/c1-2-12-31-23-26-22-20(27-28-23)16-8-3-4-9-17(16)25-21(30-22)19-11-10-18(29-19)14-6-5-7-15(24)13-14/h3-11,13,21,25H,2,12H2,1H3/t21-/m1/s1. The molecular weight excluding hydrogens is 432 g/mol. The number of halogens is 1. The highest BCUT2D eigenvalue weighted by atomic mass is 35.5. The number of para-hydroxylation sites is 1. The van der Waals surface area contributed by atoms with Crippen LogP contribution in [0.2, 0.25) is 5.02 Å². The lowest BCUT2D eigenvalue weighted by atomic mass is 10.1. The number of anilines is 1. The Hall–Kier alpha value is -3.03. The van der Waals surface area contributed by atoms with Crippen molar-refractivity contribution in [3.8, 4) is 28.5 Å². The lowest BCUT2D eigenvalue weighted by molar-refractivity contribution is 0.196. The van der Waals surface area contributed by atoms with Crippen LogP contribution in [0.1, 0.15) is 25.3 Å². The Labute approximate surface area is 189 Å². The quantitative estimate of drug-likeness (QED) is 0.350. The topological polar surface area (TPSA) is 73.1 Å². The highest BCUT2D eigenvalue weighted by molar-refractivity contribution is 7.99. The van der Waals surface area contributed by atoms with Gasteiger partial charge in [-0.2, -0.15) is 4.98 Å². The second-order valence-electron chi connectivity index (χ2n) is 7.00. The van der Waals surface area contributed by atoms with E-state index in [0.717, 1.165) is 29.0 Å². The van der Waals surface area contributed by atoms with Crippen molar-refractivity contribution in [2.75, 3.05) is 11.1 Å². The number of aromatic nitrogens is 3. The van der Waals surface area contributed by atoms with Crippen molar-refractivity contribution in [2.45, 2.75) is 24.7 Å². The van der Waals surface area contributed by atoms with Crippen LogP contribution in [0.5, 0.6) is 5.88 Å². The number of benzene rings is 2. The molecule has 0 amide bonds. The average molecular weight is 451 g/mol. The molecule has 0 fully saturated rings. The lowest BCUT2D eigenvalue weighted by Crippen LogP contribution is -2.16. The summed E-state index contributed by atoms with van der Waals surface area (Å²) in [6.45, 7) is 2.12. The van der Waals surface area contributed by atoms with Crippen LogP contribution in [-0.2, 0) is 0 Å². The molecule has 1 N–H and O–H groups in total. The van der Waals surface area contributed by atoms with E-state index in [1.165, 1.54) is 0 Å². The van der Waals surface area contributed by atoms with E-state index in [4.69, 9.17) is 20.8 Å². The second-order valence-corrected chi connectivity index (χ2v) is 8.50. The number of rotatable bonds is 5. The Morgan fingerprint density at radius 2 is 1.97 bits per heavy atom. The minimum Gasteiger partial charge on any atom is -0.455 e. The molecule has 8 heteroatoms. The highest BCUT2D eigenvalue weighted by Crippen LogP contribution is 2.40. The van der Waals surface area contributed by atoms with E-state index in [9.17, 15) is 0 Å². The number of nitrogens with one attached hydrogen (secondary N) is 1. The molecule has 0 saturated heterocycles. The average Bonchev–Trinajstić information content (AvgIpc) is 3.22. The van der Waals surface area contributed by atoms with Gasteiger partial charge >= 0.3 is 0 Å². The van der Waals surface area contributed by atoms with Crippen LogP contribution in [0.25, 0.3) is 22.6 Å². The van der Waals surface area contributed by atoms with Crippen LogP contribution >= 0.6 is 23.4 Å². The zero-order valence-corrected chi connectivity index (χ0v) is 18.3. The molecule has 0 radical (unpaired) electrons. The van der Waals surface area contributed by atoms with Gasteiger partial charge in [0, 0.05) is 27.6 Å². The summed E-state index contributed by atoms with van der Waals surface area (Å²) in [6, 6.07) is 19.2. The second kappa shape index (κ2) is 8.61. The van der Waals surface area contributed by atoms with Gasteiger partial charge in [0.1, 0.15) is 5.76 Å².